The van der Waals surface area contributed by atoms with Crippen molar-refractivity contribution >= 4 is 11.9 Å². The standard InChI is InChI=1S/C12H12O4/c1-3-15-11(13)9-7-5-6-8-10(9)12(14)16-4-2/h3-4,7-8H,1-2,5-6H2. The van der Waals surface area contributed by atoms with Crippen molar-refractivity contribution in [2.45, 2.75) is 12.8 Å². The van der Waals surface area contributed by atoms with Gasteiger partial charge in [0.15, 0.2) is 0 Å². The van der Waals surface area contributed by atoms with Crippen molar-refractivity contribution in [1.82, 2.24) is 0 Å². The molecule has 0 amide bonds. The van der Waals surface area contributed by atoms with Crippen molar-refractivity contribution in [2.75, 3.05) is 0 Å². The maximum atomic E-state index is 11.5. The van der Waals surface area contributed by atoms with Crippen LogP contribution in [0.2, 0.25) is 0 Å². The summed E-state index contributed by atoms with van der Waals surface area (Å²) >= 11 is 0. The van der Waals surface area contributed by atoms with Crippen LogP contribution in [0.5, 0.6) is 0 Å². The fourth-order valence-electron chi connectivity index (χ4n) is 1.34. The predicted molar refractivity (Wildman–Crippen MR) is 58.0 cm³/mol. The first-order valence-corrected chi connectivity index (χ1v) is 4.75. The van der Waals surface area contributed by atoms with Gasteiger partial charge in [-0.3, -0.25) is 0 Å². The molecule has 1 rings (SSSR count). The maximum Gasteiger partial charge on any atom is 0.343 e. The number of carbonyl (C=O) groups excluding carboxylic acids is 2. The summed E-state index contributed by atoms with van der Waals surface area (Å²) in [6, 6.07) is 0. The summed E-state index contributed by atoms with van der Waals surface area (Å²) in [6.45, 7) is 6.56. The Bertz CT molecular complexity index is 350. The minimum absolute atomic E-state index is 0.206. The molecule has 4 nitrogen and oxygen atoms in total. The Balaban J connectivity index is 2.89. The van der Waals surface area contributed by atoms with Gasteiger partial charge in [-0.25, -0.2) is 9.59 Å². The number of ether oxygens (including phenoxy) is 2. The molecule has 0 atom stereocenters. The van der Waals surface area contributed by atoms with Gasteiger partial charge in [0.1, 0.15) is 0 Å². The minimum atomic E-state index is -0.609. The number of allylic oxidation sites excluding steroid dienone is 2. The molecule has 84 valence electrons. The Morgan fingerprint density at radius 3 is 1.69 bits per heavy atom. The highest BCUT2D eigenvalue weighted by molar-refractivity contribution is 6.07. The zero-order valence-corrected chi connectivity index (χ0v) is 8.77. The Morgan fingerprint density at radius 1 is 1.00 bits per heavy atom. The molecular formula is C12H12O4. The summed E-state index contributed by atoms with van der Waals surface area (Å²) in [4.78, 5) is 23.0. The van der Waals surface area contributed by atoms with Gasteiger partial charge in [0, 0.05) is 0 Å². The van der Waals surface area contributed by atoms with Crippen molar-refractivity contribution in [2.24, 2.45) is 0 Å². The van der Waals surface area contributed by atoms with Gasteiger partial charge in [0.05, 0.1) is 23.7 Å². The van der Waals surface area contributed by atoms with Crippen molar-refractivity contribution in [3.63, 3.8) is 0 Å². The highest BCUT2D eigenvalue weighted by atomic mass is 16.5. The smallest absolute Gasteiger partial charge is 0.343 e. The number of hydrogen-bond donors (Lipinski definition) is 0. The molecule has 0 aromatic heterocycles. The van der Waals surface area contributed by atoms with Crippen LogP contribution < -0.4 is 0 Å². The van der Waals surface area contributed by atoms with Crippen LogP contribution in [0.4, 0.5) is 0 Å². The van der Waals surface area contributed by atoms with E-state index in [2.05, 4.69) is 22.6 Å². The second-order valence-electron chi connectivity index (χ2n) is 2.96. The number of esters is 2. The fraction of sp³-hybridized carbons (Fsp3) is 0.167. The molecule has 0 aliphatic heterocycles. The van der Waals surface area contributed by atoms with E-state index < -0.39 is 11.9 Å². The summed E-state index contributed by atoms with van der Waals surface area (Å²) in [5.74, 6) is -1.22. The van der Waals surface area contributed by atoms with Crippen LogP contribution in [-0.4, -0.2) is 11.9 Å². The first-order valence-electron chi connectivity index (χ1n) is 4.75. The minimum Gasteiger partial charge on any atom is -0.432 e. The van der Waals surface area contributed by atoms with E-state index in [1.807, 2.05) is 0 Å². The lowest BCUT2D eigenvalue weighted by Gasteiger charge is -2.12. The van der Waals surface area contributed by atoms with Gasteiger partial charge in [0.2, 0.25) is 0 Å². The van der Waals surface area contributed by atoms with E-state index in [1.165, 1.54) is 0 Å². The van der Waals surface area contributed by atoms with E-state index >= 15 is 0 Å². The normalized spacial score (nSPS) is 14.2. The molecule has 4 heteroatoms. The molecule has 0 saturated heterocycles. The molecule has 0 unspecified atom stereocenters. The summed E-state index contributed by atoms with van der Waals surface area (Å²) in [5, 5.41) is 0. The first-order chi connectivity index (χ1) is 7.70. The third-order valence-corrected chi connectivity index (χ3v) is 1.97. The second-order valence-corrected chi connectivity index (χ2v) is 2.96. The predicted octanol–water partition coefficient (Wildman–Crippen LogP) is 2.01. The van der Waals surface area contributed by atoms with Crippen LogP contribution in [0.1, 0.15) is 12.8 Å². The molecule has 0 N–H and O–H groups in total. The molecule has 0 radical (unpaired) electrons. The molecule has 1 aliphatic rings. The zero-order valence-electron chi connectivity index (χ0n) is 8.77. The Labute approximate surface area is 93.5 Å². The van der Waals surface area contributed by atoms with E-state index in [9.17, 15) is 9.59 Å². The summed E-state index contributed by atoms with van der Waals surface area (Å²) in [6.07, 6.45) is 6.71. The Kier molecular flexibility index (Phi) is 4.27. The molecule has 0 bridgehead atoms. The number of carbonyl (C=O) groups is 2. The van der Waals surface area contributed by atoms with Crippen LogP contribution in [0.3, 0.4) is 0 Å². The van der Waals surface area contributed by atoms with Crippen LogP contribution in [0.15, 0.2) is 49.0 Å². The van der Waals surface area contributed by atoms with Crippen LogP contribution in [0, 0.1) is 0 Å². The topological polar surface area (TPSA) is 52.6 Å². The highest BCUT2D eigenvalue weighted by Crippen LogP contribution is 2.21. The Hall–Kier alpha value is -2.10. The molecule has 0 aromatic carbocycles. The highest BCUT2D eigenvalue weighted by Gasteiger charge is 2.23. The lowest BCUT2D eigenvalue weighted by atomic mass is 9.98. The molecule has 0 saturated carbocycles. The van der Waals surface area contributed by atoms with Crippen molar-refractivity contribution < 1.29 is 19.1 Å². The lowest BCUT2D eigenvalue weighted by Crippen LogP contribution is -2.16. The molecular weight excluding hydrogens is 208 g/mol. The molecule has 16 heavy (non-hydrogen) atoms. The monoisotopic (exact) mass is 220 g/mol. The van der Waals surface area contributed by atoms with Gasteiger partial charge in [-0.2, -0.15) is 0 Å². The van der Waals surface area contributed by atoms with Gasteiger partial charge in [-0.1, -0.05) is 25.3 Å². The average molecular weight is 220 g/mol. The van der Waals surface area contributed by atoms with Crippen molar-refractivity contribution in [3.05, 3.63) is 49.0 Å². The molecule has 0 heterocycles. The molecule has 1 aliphatic carbocycles. The second kappa shape index (κ2) is 5.70. The molecule has 0 aromatic rings. The van der Waals surface area contributed by atoms with Gasteiger partial charge in [-0.05, 0) is 12.8 Å². The van der Waals surface area contributed by atoms with Crippen molar-refractivity contribution in [1.29, 1.82) is 0 Å². The summed E-state index contributed by atoms with van der Waals surface area (Å²) < 4.78 is 9.24. The fourth-order valence-corrected chi connectivity index (χ4v) is 1.34. The number of hydrogen-bond acceptors (Lipinski definition) is 4. The third-order valence-electron chi connectivity index (χ3n) is 1.97. The van der Waals surface area contributed by atoms with E-state index in [-0.39, 0.29) is 11.1 Å². The SMILES string of the molecule is C=COC(=O)C1=CCCC=C1C(=O)OC=C. The van der Waals surface area contributed by atoms with Crippen LogP contribution in [0.25, 0.3) is 0 Å². The van der Waals surface area contributed by atoms with Gasteiger partial charge in [0.25, 0.3) is 0 Å². The third kappa shape index (κ3) is 2.70. The average Bonchev–Trinajstić information content (AvgIpc) is 2.30. The van der Waals surface area contributed by atoms with E-state index in [1.54, 1.807) is 12.2 Å². The largest absolute Gasteiger partial charge is 0.432 e. The zero-order chi connectivity index (χ0) is 12.0. The lowest BCUT2D eigenvalue weighted by molar-refractivity contribution is -0.137. The first kappa shape index (κ1) is 12.0. The van der Waals surface area contributed by atoms with Gasteiger partial charge < -0.3 is 9.47 Å². The molecule has 0 fully saturated rings. The van der Waals surface area contributed by atoms with Gasteiger partial charge in [-0.15, -0.1) is 0 Å². The summed E-state index contributed by atoms with van der Waals surface area (Å²) in [7, 11) is 0. The number of rotatable bonds is 4. The van der Waals surface area contributed by atoms with Crippen molar-refractivity contribution in [3.8, 4) is 0 Å². The van der Waals surface area contributed by atoms with E-state index in [0.717, 1.165) is 12.5 Å². The van der Waals surface area contributed by atoms with Crippen LogP contribution >= 0.6 is 0 Å². The maximum absolute atomic E-state index is 11.5. The summed E-state index contributed by atoms with van der Waals surface area (Å²) in [5.41, 5.74) is 0.413. The van der Waals surface area contributed by atoms with E-state index in [4.69, 9.17) is 0 Å². The van der Waals surface area contributed by atoms with Crippen LogP contribution in [-0.2, 0) is 19.1 Å². The Morgan fingerprint density at radius 2 is 1.38 bits per heavy atom. The van der Waals surface area contributed by atoms with E-state index in [0.29, 0.717) is 12.8 Å². The molecule has 0 spiro atoms. The van der Waals surface area contributed by atoms with Gasteiger partial charge >= 0.3 is 11.9 Å². The quantitative estimate of drug-likeness (QED) is 0.537.